The maximum absolute atomic E-state index is 14.0. The molecule has 38 heavy (non-hydrogen) atoms. The van der Waals surface area contributed by atoms with Gasteiger partial charge in [0.05, 0.1) is 41.8 Å². The van der Waals surface area contributed by atoms with Crippen molar-refractivity contribution in [3.63, 3.8) is 0 Å². The van der Waals surface area contributed by atoms with Crippen molar-refractivity contribution in [3.05, 3.63) is 59.8 Å². The second-order valence-electron chi connectivity index (χ2n) is 9.94. The zero-order valence-electron chi connectivity index (χ0n) is 21.4. The monoisotopic (exact) mass is 539 g/mol. The first kappa shape index (κ1) is 26.4. The molecule has 1 saturated carbocycles. The molecule has 1 unspecified atom stereocenters. The van der Waals surface area contributed by atoms with E-state index in [0.29, 0.717) is 36.1 Å². The molecule has 202 valence electrons. The van der Waals surface area contributed by atoms with Crippen LogP contribution in [0.4, 0.5) is 0 Å². The molecule has 0 bridgehead atoms. The Bertz CT molecular complexity index is 1460. The number of hydrogen-bond donors (Lipinski definition) is 2. The lowest BCUT2D eigenvalue weighted by Crippen LogP contribution is -2.31. The summed E-state index contributed by atoms with van der Waals surface area (Å²) in [6.07, 6.45) is 6.13. The van der Waals surface area contributed by atoms with Gasteiger partial charge < -0.3 is 14.9 Å². The summed E-state index contributed by atoms with van der Waals surface area (Å²) in [4.78, 5) is 11.7. The molecule has 10 heteroatoms. The number of aliphatic carboxylic acids is 1. The maximum atomic E-state index is 14.0. The molecule has 0 radical (unpaired) electrons. The molecule has 2 heterocycles. The number of hydrogen-bond acceptors (Lipinski definition) is 6. The minimum Gasteiger partial charge on any atom is -0.494 e. The molecular weight excluding hydrogens is 506 g/mol. The van der Waals surface area contributed by atoms with Gasteiger partial charge in [0.2, 0.25) is 10.0 Å². The zero-order valence-corrected chi connectivity index (χ0v) is 22.2. The Labute approximate surface area is 222 Å². The van der Waals surface area contributed by atoms with Gasteiger partial charge in [0.25, 0.3) is 0 Å². The van der Waals surface area contributed by atoms with Gasteiger partial charge in [0.1, 0.15) is 5.75 Å². The van der Waals surface area contributed by atoms with Gasteiger partial charge >= 0.3 is 5.97 Å². The minimum absolute atomic E-state index is 0.0682. The average Bonchev–Trinajstić information content (AvgIpc) is 3.44. The van der Waals surface area contributed by atoms with E-state index in [0.717, 1.165) is 30.2 Å². The average molecular weight is 540 g/mol. The predicted molar refractivity (Wildman–Crippen MR) is 143 cm³/mol. The third-order valence-corrected chi connectivity index (χ3v) is 9.60. The fourth-order valence-electron chi connectivity index (χ4n) is 5.71. The quantitative estimate of drug-likeness (QED) is 0.403. The molecule has 2 aromatic carbocycles. The highest BCUT2D eigenvalue weighted by atomic mass is 32.2. The zero-order chi connectivity index (χ0) is 26.9. The summed E-state index contributed by atoms with van der Waals surface area (Å²) in [5, 5.41) is 24.3. The summed E-state index contributed by atoms with van der Waals surface area (Å²) in [6.45, 7) is 2.72. The molecule has 3 aromatic rings. The van der Waals surface area contributed by atoms with Gasteiger partial charge in [-0.25, -0.2) is 8.42 Å². The van der Waals surface area contributed by atoms with Crippen LogP contribution in [-0.4, -0.2) is 65.0 Å². The first-order valence-corrected chi connectivity index (χ1v) is 14.5. The van der Waals surface area contributed by atoms with E-state index >= 15 is 0 Å². The summed E-state index contributed by atoms with van der Waals surface area (Å²) in [7, 11) is -3.88. The maximum Gasteiger partial charge on any atom is 0.309 e. The van der Waals surface area contributed by atoms with Crippen molar-refractivity contribution in [1.82, 2.24) is 14.1 Å². The number of aliphatic hydroxyl groups is 1. The normalized spacial score (nSPS) is 20.8. The number of para-hydroxylation sites is 1. The van der Waals surface area contributed by atoms with Crippen molar-refractivity contribution in [2.24, 2.45) is 11.8 Å². The SMILES string of the molecule is CCOc1ccc(S(=O)(=O)N2CC(C3CCC3)[C@@H](n3nc(CC(=O)O)c4ccccc43)C2)c(/C=C/CO)c1. The lowest BCUT2D eigenvalue weighted by molar-refractivity contribution is -0.136. The van der Waals surface area contributed by atoms with Gasteiger partial charge in [-0.1, -0.05) is 49.6 Å². The third-order valence-electron chi connectivity index (χ3n) is 7.69. The molecule has 1 aliphatic carbocycles. The van der Waals surface area contributed by atoms with Crippen LogP contribution in [0.2, 0.25) is 0 Å². The highest BCUT2D eigenvalue weighted by Crippen LogP contribution is 2.45. The first-order valence-electron chi connectivity index (χ1n) is 13.1. The first-order chi connectivity index (χ1) is 18.3. The Morgan fingerprint density at radius 2 is 1.97 bits per heavy atom. The number of aromatic nitrogens is 2. The molecule has 2 atom stereocenters. The minimum atomic E-state index is -3.88. The topological polar surface area (TPSA) is 122 Å². The van der Waals surface area contributed by atoms with E-state index in [4.69, 9.17) is 9.84 Å². The van der Waals surface area contributed by atoms with Crippen LogP contribution in [-0.2, 0) is 21.2 Å². The fraction of sp³-hybridized carbons (Fsp3) is 0.429. The van der Waals surface area contributed by atoms with Crippen molar-refractivity contribution in [2.45, 2.75) is 43.5 Å². The van der Waals surface area contributed by atoms with E-state index in [1.165, 1.54) is 6.08 Å². The molecule has 2 N–H and O–H groups in total. The Hall–Kier alpha value is -3.21. The van der Waals surface area contributed by atoms with Gasteiger partial charge in [0.15, 0.2) is 0 Å². The largest absolute Gasteiger partial charge is 0.494 e. The van der Waals surface area contributed by atoms with E-state index in [1.807, 2.05) is 35.9 Å². The Balaban J connectivity index is 1.54. The Kier molecular flexibility index (Phi) is 7.56. The summed E-state index contributed by atoms with van der Waals surface area (Å²) >= 11 is 0. The second kappa shape index (κ2) is 10.9. The number of nitrogens with zero attached hydrogens (tertiary/aromatic N) is 3. The summed E-state index contributed by atoms with van der Waals surface area (Å²) < 4.78 is 37.1. The number of fused-ring (bicyclic) bond motifs is 1. The van der Waals surface area contributed by atoms with Gasteiger partial charge in [-0.05, 0) is 48.6 Å². The van der Waals surface area contributed by atoms with Crippen molar-refractivity contribution in [3.8, 4) is 5.75 Å². The predicted octanol–water partition coefficient (Wildman–Crippen LogP) is 3.73. The number of ether oxygens (including phenoxy) is 1. The molecule has 0 spiro atoms. The van der Waals surface area contributed by atoms with Crippen molar-refractivity contribution in [2.75, 3.05) is 26.3 Å². The van der Waals surface area contributed by atoms with Crippen LogP contribution in [0, 0.1) is 11.8 Å². The molecule has 2 aliphatic rings. The number of rotatable bonds is 10. The second-order valence-corrected chi connectivity index (χ2v) is 11.8. The van der Waals surface area contributed by atoms with Gasteiger partial charge in [-0.3, -0.25) is 9.48 Å². The number of carbonyl (C=O) groups is 1. The van der Waals surface area contributed by atoms with Crippen LogP contribution >= 0.6 is 0 Å². The van der Waals surface area contributed by atoms with Crippen molar-refractivity contribution >= 4 is 33.0 Å². The van der Waals surface area contributed by atoms with Crippen LogP contribution in [0.5, 0.6) is 5.75 Å². The molecule has 1 aromatic heterocycles. The molecule has 1 aliphatic heterocycles. The molecule has 5 rings (SSSR count). The number of carboxylic acids is 1. The van der Waals surface area contributed by atoms with Crippen molar-refractivity contribution < 1.29 is 28.2 Å². The number of aliphatic hydroxyl groups excluding tert-OH is 1. The van der Waals surface area contributed by atoms with Crippen LogP contribution < -0.4 is 4.74 Å². The molecule has 9 nitrogen and oxygen atoms in total. The van der Waals surface area contributed by atoms with Crippen LogP contribution in [0.25, 0.3) is 17.0 Å². The van der Waals surface area contributed by atoms with Crippen LogP contribution in [0.15, 0.2) is 53.4 Å². The van der Waals surface area contributed by atoms with Crippen LogP contribution in [0.3, 0.4) is 0 Å². The van der Waals surface area contributed by atoms with E-state index in [-0.39, 0.29) is 36.4 Å². The number of carboxylic acid groups (broad SMARTS) is 1. The van der Waals surface area contributed by atoms with Gasteiger partial charge in [-0.2, -0.15) is 9.40 Å². The third kappa shape index (κ3) is 4.95. The molecule has 2 fully saturated rings. The fourth-order valence-corrected chi connectivity index (χ4v) is 7.37. The highest BCUT2D eigenvalue weighted by Gasteiger charge is 2.46. The Morgan fingerprint density at radius 1 is 1.18 bits per heavy atom. The van der Waals surface area contributed by atoms with Crippen molar-refractivity contribution in [1.29, 1.82) is 0 Å². The molecule has 0 amide bonds. The molecule has 1 saturated heterocycles. The lowest BCUT2D eigenvalue weighted by Gasteiger charge is -2.34. The summed E-state index contributed by atoms with van der Waals surface area (Å²) in [5.74, 6) is 0.0639. The number of sulfonamides is 1. The van der Waals surface area contributed by atoms with E-state index in [2.05, 4.69) is 0 Å². The molecular formula is C28H33N3O6S. The highest BCUT2D eigenvalue weighted by molar-refractivity contribution is 7.89. The summed E-state index contributed by atoms with van der Waals surface area (Å²) in [6, 6.07) is 12.3. The van der Waals surface area contributed by atoms with E-state index < -0.39 is 16.0 Å². The standard InChI is InChI=1S/C28H33N3O6S/c1-2-37-21-12-13-27(20(15-21)9-6-14-32)38(35,36)30-17-23(19-7-5-8-19)26(18-30)31-25-11-4-3-10-22(25)24(29-31)16-28(33)34/h3-4,6,9-13,15,19,23,26,32H,2,5,7-8,14,16-18H2,1H3,(H,33,34)/b9-6+/t23?,26-/m0/s1. The van der Waals surface area contributed by atoms with E-state index in [9.17, 15) is 23.4 Å². The smallest absolute Gasteiger partial charge is 0.309 e. The van der Waals surface area contributed by atoms with Gasteiger partial charge in [0, 0.05) is 18.5 Å². The number of benzene rings is 2. The van der Waals surface area contributed by atoms with Crippen LogP contribution in [0.1, 0.15) is 43.5 Å². The Morgan fingerprint density at radius 3 is 2.66 bits per heavy atom. The van der Waals surface area contributed by atoms with E-state index in [1.54, 1.807) is 28.6 Å². The van der Waals surface area contributed by atoms with Gasteiger partial charge in [-0.15, -0.1) is 0 Å². The lowest BCUT2D eigenvalue weighted by atomic mass is 9.74. The summed E-state index contributed by atoms with van der Waals surface area (Å²) in [5.41, 5.74) is 1.77.